The molecule has 5 heteroatoms. The number of benzene rings is 2. The molecule has 0 heterocycles. The average molecular weight is 259 g/mol. The highest BCUT2D eigenvalue weighted by Gasteiger charge is 2.16. The molecular weight excluding hydrogens is 246 g/mol. The van der Waals surface area contributed by atoms with Crippen LogP contribution >= 0.6 is 0 Å². The maximum absolute atomic E-state index is 11.4. The standard InChI is InChI=1S/C14H13NO4/c1-15-12(16)8-19-11-7-6-9-4-2-3-5-10(9)13(11)14(17)18/h2-7H,8H2,1H3,(H,15,16)(H,17,18). The van der Waals surface area contributed by atoms with E-state index in [4.69, 9.17) is 4.74 Å². The zero-order valence-corrected chi connectivity index (χ0v) is 10.3. The Bertz CT molecular complexity index is 636. The van der Waals surface area contributed by atoms with Gasteiger partial charge in [0.05, 0.1) is 0 Å². The van der Waals surface area contributed by atoms with Crippen LogP contribution in [-0.2, 0) is 4.79 Å². The Kier molecular flexibility index (Phi) is 3.66. The van der Waals surface area contributed by atoms with Crippen molar-refractivity contribution in [1.82, 2.24) is 5.32 Å². The van der Waals surface area contributed by atoms with Gasteiger partial charge < -0.3 is 15.2 Å². The number of nitrogens with one attached hydrogen (secondary N) is 1. The third-order valence-electron chi connectivity index (χ3n) is 2.74. The molecule has 2 rings (SSSR count). The van der Waals surface area contributed by atoms with Crippen molar-refractivity contribution in [3.05, 3.63) is 42.0 Å². The van der Waals surface area contributed by atoms with Crippen molar-refractivity contribution in [2.24, 2.45) is 0 Å². The van der Waals surface area contributed by atoms with Gasteiger partial charge in [0.1, 0.15) is 11.3 Å². The van der Waals surface area contributed by atoms with E-state index in [1.165, 1.54) is 7.05 Å². The summed E-state index contributed by atoms with van der Waals surface area (Å²) in [6, 6.07) is 10.5. The van der Waals surface area contributed by atoms with E-state index in [1.54, 1.807) is 24.3 Å². The van der Waals surface area contributed by atoms with Gasteiger partial charge in [0, 0.05) is 7.05 Å². The first-order valence-corrected chi connectivity index (χ1v) is 5.72. The molecule has 0 spiro atoms. The quantitative estimate of drug-likeness (QED) is 0.875. The van der Waals surface area contributed by atoms with Gasteiger partial charge in [0.15, 0.2) is 6.61 Å². The van der Waals surface area contributed by atoms with Crippen LogP contribution in [0.15, 0.2) is 36.4 Å². The Morgan fingerprint density at radius 3 is 2.63 bits per heavy atom. The topological polar surface area (TPSA) is 75.6 Å². The third-order valence-corrected chi connectivity index (χ3v) is 2.74. The number of hydrogen-bond acceptors (Lipinski definition) is 3. The number of amides is 1. The summed E-state index contributed by atoms with van der Waals surface area (Å²) < 4.78 is 5.27. The molecule has 0 fully saturated rings. The minimum absolute atomic E-state index is 0.0713. The van der Waals surface area contributed by atoms with E-state index < -0.39 is 5.97 Å². The Morgan fingerprint density at radius 2 is 1.95 bits per heavy atom. The summed E-state index contributed by atoms with van der Waals surface area (Å²) in [7, 11) is 1.49. The highest BCUT2D eigenvalue weighted by atomic mass is 16.5. The fourth-order valence-electron chi connectivity index (χ4n) is 1.81. The van der Waals surface area contributed by atoms with Gasteiger partial charge in [-0.3, -0.25) is 4.79 Å². The average Bonchev–Trinajstić information content (AvgIpc) is 2.43. The van der Waals surface area contributed by atoms with E-state index in [1.807, 2.05) is 12.1 Å². The van der Waals surface area contributed by atoms with Crippen molar-refractivity contribution in [3.8, 4) is 5.75 Å². The summed E-state index contributed by atoms with van der Waals surface area (Å²) in [5, 5.41) is 13.1. The molecule has 19 heavy (non-hydrogen) atoms. The molecule has 0 aliphatic carbocycles. The van der Waals surface area contributed by atoms with Crippen LogP contribution in [0.4, 0.5) is 0 Å². The van der Waals surface area contributed by atoms with Crippen molar-refractivity contribution in [3.63, 3.8) is 0 Å². The molecule has 0 radical (unpaired) electrons. The first-order valence-electron chi connectivity index (χ1n) is 5.72. The predicted molar refractivity (Wildman–Crippen MR) is 70.5 cm³/mol. The molecule has 0 saturated heterocycles. The van der Waals surface area contributed by atoms with Gasteiger partial charge in [-0.2, -0.15) is 0 Å². The maximum Gasteiger partial charge on any atom is 0.340 e. The number of likely N-dealkylation sites (N-methyl/N-ethyl adjacent to an activating group) is 1. The molecule has 0 aromatic heterocycles. The second-order valence-corrected chi connectivity index (χ2v) is 3.93. The van der Waals surface area contributed by atoms with Crippen molar-refractivity contribution in [2.45, 2.75) is 0 Å². The molecule has 0 unspecified atom stereocenters. The van der Waals surface area contributed by atoms with Crippen LogP contribution in [0.5, 0.6) is 5.75 Å². The van der Waals surface area contributed by atoms with Gasteiger partial charge in [0.25, 0.3) is 5.91 Å². The largest absolute Gasteiger partial charge is 0.483 e. The summed E-state index contributed by atoms with van der Waals surface area (Å²) in [5.41, 5.74) is 0.0713. The smallest absolute Gasteiger partial charge is 0.340 e. The summed E-state index contributed by atoms with van der Waals surface area (Å²) in [4.78, 5) is 22.5. The lowest BCUT2D eigenvalue weighted by molar-refractivity contribution is -0.122. The number of carboxylic acids is 1. The predicted octanol–water partition coefficient (Wildman–Crippen LogP) is 1.66. The number of carbonyl (C=O) groups excluding carboxylic acids is 1. The fraction of sp³-hybridized carbons (Fsp3) is 0.143. The molecule has 1 amide bonds. The number of fused-ring (bicyclic) bond motifs is 1. The van der Waals surface area contributed by atoms with Crippen LogP contribution in [0, 0.1) is 0 Å². The summed E-state index contributed by atoms with van der Waals surface area (Å²) in [6.07, 6.45) is 0. The number of rotatable bonds is 4. The van der Waals surface area contributed by atoms with Crippen molar-refractivity contribution < 1.29 is 19.4 Å². The lowest BCUT2D eigenvalue weighted by Gasteiger charge is -2.10. The van der Waals surface area contributed by atoms with Gasteiger partial charge in [-0.1, -0.05) is 30.3 Å². The van der Waals surface area contributed by atoms with E-state index in [9.17, 15) is 14.7 Å². The molecule has 98 valence electrons. The normalized spacial score (nSPS) is 10.2. The van der Waals surface area contributed by atoms with E-state index in [0.717, 1.165) is 5.39 Å². The number of hydrogen-bond donors (Lipinski definition) is 2. The first-order chi connectivity index (χ1) is 9.13. The van der Waals surface area contributed by atoms with Gasteiger partial charge in [-0.05, 0) is 16.8 Å². The second-order valence-electron chi connectivity index (χ2n) is 3.93. The molecule has 2 aromatic rings. The zero-order valence-electron chi connectivity index (χ0n) is 10.3. The zero-order chi connectivity index (χ0) is 13.8. The summed E-state index contributed by atoms with van der Waals surface area (Å²) in [6.45, 7) is -0.213. The molecular formula is C14H13NO4. The number of carboxylic acid groups (broad SMARTS) is 1. The number of aromatic carboxylic acids is 1. The van der Waals surface area contributed by atoms with Gasteiger partial charge in [0.2, 0.25) is 0 Å². The molecule has 5 nitrogen and oxygen atoms in total. The highest BCUT2D eigenvalue weighted by Crippen LogP contribution is 2.28. The number of ether oxygens (including phenoxy) is 1. The van der Waals surface area contributed by atoms with Crippen molar-refractivity contribution >= 4 is 22.6 Å². The SMILES string of the molecule is CNC(=O)COc1ccc2ccccc2c1C(=O)O. The first kappa shape index (κ1) is 12.9. The van der Waals surface area contributed by atoms with Crippen LogP contribution in [0.3, 0.4) is 0 Å². The maximum atomic E-state index is 11.4. The van der Waals surface area contributed by atoms with Crippen LogP contribution in [0.1, 0.15) is 10.4 Å². The number of carbonyl (C=O) groups is 2. The molecule has 0 aliphatic heterocycles. The fourth-order valence-corrected chi connectivity index (χ4v) is 1.81. The Hall–Kier alpha value is -2.56. The van der Waals surface area contributed by atoms with E-state index in [0.29, 0.717) is 5.39 Å². The molecule has 2 N–H and O–H groups in total. The highest BCUT2D eigenvalue weighted by molar-refractivity contribution is 6.06. The van der Waals surface area contributed by atoms with Crippen molar-refractivity contribution in [1.29, 1.82) is 0 Å². The van der Waals surface area contributed by atoms with Crippen molar-refractivity contribution in [2.75, 3.05) is 13.7 Å². The second kappa shape index (κ2) is 5.39. The Balaban J connectivity index is 2.46. The third kappa shape index (κ3) is 2.65. The van der Waals surface area contributed by atoms with E-state index in [2.05, 4.69) is 5.32 Å². The minimum atomic E-state index is -1.08. The van der Waals surface area contributed by atoms with Crippen LogP contribution in [-0.4, -0.2) is 30.6 Å². The van der Waals surface area contributed by atoms with E-state index >= 15 is 0 Å². The van der Waals surface area contributed by atoms with Crippen LogP contribution in [0.25, 0.3) is 10.8 Å². The molecule has 0 bridgehead atoms. The van der Waals surface area contributed by atoms with E-state index in [-0.39, 0.29) is 23.8 Å². The molecule has 2 aromatic carbocycles. The molecule has 0 aliphatic rings. The summed E-state index contributed by atoms with van der Waals surface area (Å²) in [5.74, 6) is -1.21. The Labute approximate surface area is 109 Å². The molecule has 0 saturated carbocycles. The lowest BCUT2D eigenvalue weighted by Crippen LogP contribution is -2.25. The Morgan fingerprint density at radius 1 is 1.21 bits per heavy atom. The van der Waals surface area contributed by atoms with Gasteiger partial charge >= 0.3 is 5.97 Å². The van der Waals surface area contributed by atoms with Crippen LogP contribution in [0.2, 0.25) is 0 Å². The lowest BCUT2D eigenvalue weighted by atomic mass is 10.0. The van der Waals surface area contributed by atoms with Gasteiger partial charge in [-0.15, -0.1) is 0 Å². The van der Waals surface area contributed by atoms with Gasteiger partial charge in [-0.25, -0.2) is 4.79 Å². The monoisotopic (exact) mass is 259 g/mol. The molecule has 0 atom stereocenters. The van der Waals surface area contributed by atoms with Crippen LogP contribution < -0.4 is 10.1 Å². The summed E-state index contributed by atoms with van der Waals surface area (Å²) >= 11 is 0. The minimum Gasteiger partial charge on any atom is -0.483 e.